The lowest BCUT2D eigenvalue weighted by molar-refractivity contribution is -0.122. The lowest BCUT2D eigenvalue weighted by Gasteiger charge is -2.25. The number of rotatable bonds is 8. The Labute approximate surface area is 156 Å². The second kappa shape index (κ2) is 9.39. The number of amides is 1. The molecule has 1 fully saturated rings. The summed E-state index contributed by atoms with van der Waals surface area (Å²) in [5, 5.41) is 3.07. The Balaban J connectivity index is 1.47. The summed E-state index contributed by atoms with van der Waals surface area (Å²) in [4.78, 5) is 14.6. The van der Waals surface area contributed by atoms with Crippen molar-refractivity contribution in [2.24, 2.45) is 0 Å². The number of ether oxygens (including phenoxy) is 1. The van der Waals surface area contributed by atoms with Gasteiger partial charge in [-0.2, -0.15) is 0 Å². The van der Waals surface area contributed by atoms with Crippen molar-refractivity contribution in [3.05, 3.63) is 65.7 Å². The highest BCUT2D eigenvalue weighted by Crippen LogP contribution is 2.36. The highest BCUT2D eigenvalue weighted by Gasteiger charge is 2.29. The molecular weight excluding hydrogens is 324 g/mol. The van der Waals surface area contributed by atoms with E-state index in [-0.39, 0.29) is 11.9 Å². The lowest BCUT2D eigenvalue weighted by atomic mass is 10.0. The molecule has 1 aliphatic rings. The summed E-state index contributed by atoms with van der Waals surface area (Å²) in [6, 6.07) is 18.8. The van der Waals surface area contributed by atoms with Crippen LogP contribution in [0, 0.1) is 0 Å². The van der Waals surface area contributed by atoms with E-state index in [9.17, 15) is 4.79 Å². The van der Waals surface area contributed by atoms with Crippen molar-refractivity contribution >= 4 is 5.91 Å². The Kier molecular flexibility index (Phi) is 6.67. The minimum absolute atomic E-state index is 0.111. The van der Waals surface area contributed by atoms with Crippen molar-refractivity contribution in [1.82, 2.24) is 10.2 Å². The zero-order valence-corrected chi connectivity index (χ0v) is 15.5. The number of likely N-dealkylation sites (tertiary alicyclic amines) is 1. The zero-order chi connectivity index (χ0) is 18.2. The van der Waals surface area contributed by atoms with Gasteiger partial charge in [0.1, 0.15) is 5.75 Å². The van der Waals surface area contributed by atoms with E-state index in [1.54, 1.807) is 7.11 Å². The summed E-state index contributed by atoms with van der Waals surface area (Å²) in [7, 11) is 1.71. The fraction of sp³-hybridized carbons (Fsp3) is 0.409. The molecule has 1 N–H and O–H groups in total. The molecule has 4 heteroatoms. The van der Waals surface area contributed by atoms with E-state index in [2.05, 4.69) is 40.5 Å². The molecule has 1 heterocycles. The molecule has 1 unspecified atom stereocenters. The van der Waals surface area contributed by atoms with Gasteiger partial charge in [-0.3, -0.25) is 9.69 Å². The Hall–Kier alpha value is -2.33. The van der Waals surface area contributed by atoms with Gasteiger partial charge < -0.3 is 10.1 Å². The molecule has 0 saturated carbocycles. The smallest absolute Gasteiger partial charge is 0.234 e. The molecule has 0 radical (unpaired) electrons. The first kappa shape index (κ1) is 18.5. The second-order valence-electron chi connectivity index (χ2n) is 6.81. The molecule has 0 aliphatic carbocycles. The number of carbonyl (C=O) groups excluding carboxylic acids is 1. The molecule has 1 saturated heterocycles. The number of nitrogens with zero attached hydrogens (tertiary/aromatic N) is 1. The van der Waals surface area contributed by atoms with E-state index in [0.29, 0.717) is 6.54 Å². The van der Waals surface area contributed by atoms with E-state index in [1.165, 1.54) is 11.1 Å². The molecule has 0 bridgehead atoms. The second-order valence-corrected chi connectivity index (χ2v) is 6.81. The van der Waals surface area contributed by atoms with Crippen LogP contribution in [0.15, 0.2) is 54.6 Å². The fourth-order valence-corrected chi connectivity index (χ4v) is 3.71. The zero-order valence-electron chi connectivity index (χ0n) is 15.5. The van der Waals surface area contributed by atoms with E-state index >= 15 is 0 Å². The minimum atomic E-state index is 0.111. The van der Waals surface area contributed by atoms with Gasteiger partial charge in [0.2, 0.25) is 5.91 Å². The molecular formula is C22H28N2O2. The van der Waals surface area contributed by atoms with Gasteiger partial charge in [-0.15, -0.1) is 0 Å². The molecule has 1 amide bonds. The van der Waals surface area contributed by atoms with Crippen LogP contribution < -0.4 is 10.1 Å². The third kappa shape index (κ3) is 4.85. The summed E-state index contributed by atoms with van der Waals surface area (Å²) in [5.74, 6) is 1.02. The van der Waals surface area contributed by atoms with Crippen molar-refractivity contribution < 1.29 is 9.53 Å². The van der Waals surface area contributed by atoms with Gasteiger partial charge in [0.15, 0.2) is 0 Å². The largest absolute Gasteiger partial charge is 0.496 e. The van der Waals surface area contributed by atoms with Crippen LogP contribution in [0.3, 0.4) is 0 Å². The Bertz CT molecular complexity index is 702. The van der Waals surface area contributed by atoms with Crippen molar-refractivity contribution in [2.45, 2.75) is 31.7 Å². The quantitative estimate of drug-likeness (QED) is 0.739. The van der Waals surface area contributed by atoms with Gasteiger partial charge in [0.05, 0.1) is 13.7 Å². The predicted octanol–water partition coefficient (Wildman–Crippen LogP) is 3.58. The van der Waals surface area contributed by atoms with Crippen LogP contribution in [0.25, 0.3) is 0 Å². The number of carbonyl (C=O) groups is 1. The van der Waals surface area contributed by atoms with Crippen LogP contribution in [0.4, 0.5) is 0 Å². The Morgan fingerprint density at radius 1 is 1.15 bits per heavy atom. The van der Waals surface area contributed by atoms with Crippen LogP contribution in [-0.2, 0) is 11.2 Å². The standard InChI is InChI=1S/C22H28N2O2/c1-26-21-14-6-5-12-19(21)20-13-8-16-24(20)17-22(25)23-15-7-11-18-9-3-2-4-10-18/h2-6,9-10,12,14,20H,7-8,11,13,15-17H2,1H3,(H,23,25). The molecule has 2 aromatic carbocycles. The molecule has 2 aromatic rings. The van der Waals surface area contributed by atoms with Crippen LogP contribution in [0.2, 0.25) is 0 Å². The molecule has 0 aromatic heterocycles. The Morgan fingerprint density at radius 2 is 1.92 bits per heavy atom. The maximum Gasteiger partial charge on any atom is 0.234 e. The average molecular weight is 352 g/mol. The number of benzene rings is 2. The number of nitrogens with one attached hydrogen (secondary N) is 1. The maximum absolute atomic E-state index is 12.4. The first-order valence-electron chi connectivity index (χ1n) is 9.45. The molecule has 0 spiro atoms. The summed E-state index contributed by atoms with van der Waals surface area (Å²) in [6.45, 7) is 2.13. The Morgan fingerprint density at radius 3 is 2.73 bits per heavy atom. The van der Waals surface area contributed by atoms with Gasteiger partial charge in [-0.1, -0.05) is 48.5 Å². The summed E-state index contributed by atoms with van der Waals surface area (Å²) in [6.07, 6.45) is 4.14. The van der Waals surface area contributed by atoms with Gasteiger partial charge >= 0.3 is 0 Å². The molecule has 3 rings (SSSR count). The minimum Gasteiger partial charge on any atom is -0.496 e. The van der Waals surface area contributed by atoms with Gasteiger partial charge in [-0.25, -0.2) is 0 Å². The topological polar surface area (TPSA) is 41.6 Å². The monoisotopic (exact) mass is 352 g/mol. The van der Waals surface area contributed by atoms with Gasteiger partial charge in [0.25, 0.3) is 0 Å². The first-order valence-corrected chi connectivity index (χ1v) is 9.45. The predicted molar refractivity (Wildman–Crippen MR) is 104 cm³/mol. The van der Waals surface area contributed by atoms with Crippen molar-refractivity contribution in [3.63, 3.8) is 0 Å². The number of methoxy groups -OCH3 is 1. The average Bonchev–Trinajstić information content (AvgIpc) is 3.14. The lowest BCUT2D eigenvalue weighted by Crippen LogP contribution is -2.37. The van der Waals surface area contributed by atoms with Crippen LogP contribution >= 0.6 is 0 Å². The van der Waals surface area contributed by atoms with Crippen LogP contribution in [-0.4, -0.2) is 37.6 Å². The first-order chi connectivity index (χ1) is 12.8. The number of aryl methyl sites for hydroxylation is 1. The molecule has 1 aliphatic heterocycles. The van der Waals surface area contributed by atoms with Crippen molar-refractivity contribution in [1.29, 1.82) is 0 Å². The normalized spacial score (nSPS) is 17.2. The summed E-state index contributed by atoms with van der Waals surface area (Å²) >= 11 is 0. The maximum atomic E-state index is 12.4. The SMILES string of the molecule is COc1ccccc1C1CCCN1CC(=O)NCCCc1ccccc1. The third-order valence-electron chi connectivity index (χ3n) is 5.02. The van der Waals surface area contributed by atoms with E-state index in [1.807, 2.05) is 24.3 Å². The van der Waals surface area contributed by atoms with E-state index < -0.39 is 0 Å². The van der Waals surface area contributed by atoms with Gasteiger partial charge in [-0.05, 0) is 43.9 Å². The third-order valence-corrected chi connectivity index (χ3v) is 5.02. The van der Waals surface area contributed by atoms with Crippen molar-refractivity contribution in [2.75, 3.05) is 26.7 Å². The highest BCUT2D eigenvalue weighted by atomic mass is 16.5. The number of hydrogen-bond acceptors (Lipinski definition) is 3. The summed E-state index contributed by atoms with van der Waals surface area (Å²) < 4.78 is 5.51. The van der Waals surface area contributed by atoms with Crippen LogP contribution in [0.1, 0.15) is 36.4 Å². The fourth-order valence-electron chi connectivity index (χ4n) is 3.71. The molecule has 4 nitrogen and oxygen atoms in total. The number of para-hydroxylation sites is 1. The molecule has 138 valence electrons. The number of hydrogen-bond donors (Lipinski definition) is 1. The van der Waals surface area contributed by atoms with Gasteiger partial charge in [0, 0.05) is 18.2 Å². The van der Waals surface area contributed by atoms with E-state index in [0.717, 1.165) is 44.5 Å². The van der Waals surface area contributed by atoms with E-state index in [4.69, 9.17) is 4.74 Å². The summed E-state index contributed by atoms with van der Waals surface area (Å²) in [5.41, 5.74) is 2.50. The van der Waals surface area contributed by atoms with Crippen molar-refractivity contribution in [3.8, 4) is 5.75 Å². The van der Waals surface area contributed by atoms with Crippen LogP contribution in [0.5, 0.6) is 5.75 Å². The highest BCUT2D eigenvalue weighted by molar-refractivity contribution is 5.78. The molecule has 26 heavy (non-hydrogen) atoms. The molecule has 1 atom stereocenters.